The Kier molecular flexibility index (Phi) is 49.4. The molecule has 0 rings (SSSR count). The van der Waals surface area contributed by atoms with Crippen LogP contribution >= 0.6 is 7.82 Å². The van der Waals surface area contributed by atoms with E-state index < -0.39 is 26.5 Å². The molecule has 0 heterocycles. The van der Waals surface area contributed by atoms with Crippen LogP contribution in [0.1, 0.15) is 226 Å². The Morgan fingerprint density at radius 1 is 0.485 bits per heavy atom. The van der Waals surface area contributed by atoms with Crippen molar-refractivity contribution in [3.63, 3.8) is 0 Å². The molecule has 0 radical (unpaired) electrons. The van der Waals surface area contributed by atoms with Crippen molar-refractivity contribution in [2.45, 2.75) is 232 Å². The molecule has 0 aliphatic rings. The molecule has 10 heteroatoms. The predicted octanol–water partition coefficient (Wildman–Crippen LogP) is 15.9. The molecule has 0 aromatic rings. The van der Waals surface area contributed by atoms with Gasteiger partial charge in [-0.3, -0.25) is 18.6 Å². The number of rotatable bonds is 49. The highest BCUT2D eigenvalue weighted by atomic mass is 31.2. The molecule has 1 amide bonds. The van der Waals surface area contributed by atoms with Crippen molar-refractivity contribution >= 4 is 19.7 Å². The zero-order valence-electron chi connectivity index (χ0n) is 42.1. The minimum Gasteiger partial charge on any atom is -0.463 e. The van der Waals surface area contributed by atoms with Gasteiger partial charge in [0.2, 0.25) is 5.91 Å². The van der Waals surface area contributed by atoms with Gasteiger partial charge < -0.3 is 20.1 Å². The van der Waals surface area contributed by atoms with Crippen molar-refractivity contribution in [1.29, 1.82) is 0 Å². The van der Waals surface area contributed by atoms with E-state index in [4.69, 9.17) is 13.8 Å². The van der Waals surface area contributed by atoms with Gasteiger partial charge in [-0.2, -0.15) is 0 Å². The van der Waals surface area contributed by atoms with Gasteiger partial charge in [-0.1, -0.05) is 234 Å². The molecule has 2 unspecified atom stereocenters. The fraction of sp³-hybridized carbons (Fsp3) is 0.714. The third-order valence-corrected chi connectivity index (χ3v) is 12.1. The van der Waals surface area contributed by atoms with Gasteiger partial charge >= 0.3 is 13.8 Å². The first-order valence-electron chi connectivity index (χ1n) is 26.6. The third-order valence-electron chi connectivity index (χ3n) is 11.1. The van der Waals surface area contributed by atoms with Crippen molar-refractivity contribution in [2.24, 2.45) is 0 Å². The highest BCUT2D eigenvalue weighted by Gasteiger charge is 2.23. The maximum atomic E-state index is 12.2. The number of phosphoric ester groups is 1. The molecule has 0 aromatic heterocycles. The standard InChI is InChI=1S/C56H98NO8P/c1-3-5-7-9-11-13-15-17-19-21-23-25-27-29-31-33-35-37-39-41-43-45-47-49-56(60)63-52-54(58)53-65-66(61,62)64-51-50-57-55(59)48-46-44-42-40-38-36-34-32-30-28-26-24-22-20-18-16-14-12-10-8-6-4-2/h5,7,11,13,17,19,23,25,29,31,35,37,41,43,54,58H,3-4,6,8-10,12,14-16,18,20-22,24,26-28,30,32-34,36,38-40,42,44-53H2,1-2H3,(H,57,59)(H,61,62)/b7-5-,13-11-,19-17-,25-23-,31-29-,37-35-,43-41-. The second-order valence-corrected chi connectivity index (χ2v) is 18.9. The number of aliphatic hydroxyl groups excluding tert-OH is 1. The second-order valence-electron chi connectivity index (χ2n) is 17.5. The number of ether oxygens (including phenoxy) is 1. The molecule has 0 aromatic carbocycles. The van der Waals surface area contributed by atoms with Gasteiger partial charge in [-0.05, 0) is 64.2 Å². The first-order valence-corrected chi connectivity index (χ1v) is 28.1. The zero-order valence-corrected chi connectivity index (χ0v) is 43.0. The lowest BCUT2D eigenvalue weighted by atomic mass is 10.0. The predicted molar refractivity (Wildman–Crippen MR) is 279 cm³/mol. The molecule has 9 nitrogen and oxygen atoms in total. The number of nitrogens with one attached hydrogen (secondary N) is 1. The Hall–Kier alpha value is -2.81. The van der Waals surface area contributed by atoms with Crippen LogP contribution in [0.2, 0.25) is 0 Å². The van der Waals surface area contributed by atoms with Crippen molar-refractivity contribution in [3.8, 4) is 0 Å². The summed E-state index contributed by atoms with van der Waals surface area (Å²) in [4.78, 5) is 34.1. The van der Waals surface area contributed by atoms with Gasteiger partial charge in [0.1, 0.15) is 12.7 Å². The summed E-state index contributed by atoms with van der Waals surface area (Å²) in [5, 5.41) is 12.7. The molecular formula is C56H98NO8P. The fourth-order valence-corrected chi connectivity index (χ4v) is 7.89. The molecule has 2 atom stereocenters. The monoisotopic (exact) mass is 944 g/mol. The number of allylic oxidation sites excluding steroid dienone is 14. The second kappa shape index (κ2) is 51.6. The van der Waals surface area contributed by atoms with Gasteiger partial charge in [0, 0.05) is 19.4 Å². The van der Waals surface area contributed by atoms with E-state index in [1.165, 1.54) is 122 Å². The van der Waals surface area contributed by atoms with Crippen LogP contribution in [0.4, 0.5) is 0 Å². The maximum Gasteiger partial charge on any atom is 0.472 e. The molecule has 0 spiro atoms. The SMILES string of the molecule is CC/C=C\C/C=C\C/C=C\C/C=C\C/C=C\C/C=C\C/C=C\CCCC(=O)OCC(O)COP(=O)(O)OCCNC(=O)CCCCCCCCCCCCCCCCCCCCCCCC. The normalized spacial score (nSPS) is 13.8. The molecule has 0 saturated heterocycles. The summed E-state index contributed by atoms with van der Waals surface area (Å²) in [6.07, 6.45) is 66.8. The van der Waals surface area contributed by atoms with Crippen LogP contribution < -0.4 is 5.32 Å². The Bertz CT molecular complexity index is 1350. The van der Waals surface area contributed by atoms with Crippen LogP contribution in [0, 0.1) is 0 Å². The van der Waals surface area contributed by atoms with Crippen LogP contribution in [0.15, 0.2) is 85.1 Å². The van der Waals surface area contributed by atoms with Crippen LogP contribution in [0.5, 0.6) is 0 Å². The van der Waals surface area contributed by atoms with E-state index in [0.29, 0.717) is 12.8 Å². The summed E-state index contributed by atoms with van der Waals surface area (Å²) in [7, 11) is -4.44. The zero-order chi connectivity index (χ0) is 48.1. The lowest BCUT2D eigenvalue weighted by molar-refractivity contribution is -0.147. The van der Waals surface area contributed by atoms with Crippen molar-refractivity contribution in [2.75, 3.05) is 26.4 Å². The quantitative estimate of drug-likeness (QED) is 0.0238. The van der Waals surface area contributed by atoms with E-state index in [1.807, 2.05) is 6.08 Å². The lowest BCUT2D eigenvalue weighted by Crippen LogP contribution is -2.27. The fourth-order valence-electron chi connectivity index (χ4n) is 7.14. The molecular weight excluding hydrogens is 846 g/mol. The molecule has 380 valence electrons. The Morgan fingerprint density at radius 3 is 1.27 bits per heavy atom. The summed E-state index contributed by atoms with van der Waals surface area (Å²) < 4.78 is 27.0. The molecule has 3 N–H and O–H groups in total. The summed E-state index contributed by atoms with van der Waals surface area (Å²) in [6.45, 7) is 3.40. The molecule has 66 heavy (non-hydrogen) atoms. The van der Waals surface area contributed by atoms with Gasteiger partial charge in [0.25, 0.3) is 0 Å². The number of carbonyl (C=O) groups excluding carboxylic acids is 2. The number of carbonyl (C=O) groups is 2. The smallest absolute Gasteiger partial charge is 0.463 e. The minimum absolute atomic E-state index is 0.0733. The van der Waals surface area contributed by atoms with Crippen LogP contribution in [0.3, 0.4) is 0 Å². The lowest BCUT2D eigenvalue weighted by Gasteiger charge is -2.15. The van der Waals surface area contributed by atoms with E-state index in [1.54, 1.807) is 0 Å². The van der Waals surface area contributed by atoms with Crippen LogP contribution in [-0.2, 0) is 27.9 Å². The summed E-state index contributed by atoms with van der Waals surface area (Å²) in [6, 6.07) is 0. The van der Waals surface area contributed by atoms with E-state index in [-0.39, 0.29) is 32.1 Å². The molecule has 0 bridgehead atoms. The van der Waals surface area contributed by atoms with E-state index >= 15 is 0 Å². The van der Waals surface area contributed by atoms with Crippen LogP contribution in [-0.4, -0.2) is 54.3 Å². The summed E-state index contributed by atoms with van der Waals surface area (Å²) in [5.74, 6) is -0.575. The van der Waals surface area contributed by atoms with Crippen LogP contribution in [0.25, 0.3) is 0 Å². The number of hydrogen-bond donors (Lipinski definition) is 3. The first kappa shape index (κ1) is 63.2. The summed E-state index contributed by atoms with van der Waals surface area (Å²) >= 11 is 0. The Balaban J connectivity index is 3.64. The highest BCUT2D eigenvalue weighted by Crippen LogP contribution is 2.42. The minimum atomic E-state index is -4.44. The number of phosphoric acid groups is 1. The topological polar surface area (TPSA) is 131 Å². The highest BCUT2D eigenvalue weighted by molar-refractivity contribution is 7.47. The number of esters is 1. The van der Waals surface area contributed by atoms with Crippen molar-refractivity contribution in [1.82, 2.24) is 5.32 Å². The number of hydrogen-bond acceptors (Lipinski definition) is 7. The Morgan fingerprint density at radius 2 is 0.864 bits per heavy atom. The molecule has 0 aliphatic carbocycles. The van der Waals surface area contributed by atoms with E-state index in [2.05, 4.69) is 98.2 Å². The largest absolute Gasteiger partial charge is 0.472 e. The maximum absolute atomic E-state index is 12.2. The average Bonchev–Trinajstić information content (AvgIpc) is 3.31. The third kappa shape index (κ3) is 52.2. The average molecular weight is 944 g/mol. The van der Waals surface area contributed by atoms with Gasteiger partial charge in [-0.25, -0.2) is 4.57 Å². The summed E-state index contributed by atoms with van der Waals surface area (Å²) in [5.41, 5.74) is 0. The van der Waals surface area contributed by atoms with E-state index in [9.17, 15) is 24.2 Å². The van der Waals surface area contributed by atoms with Gasteiger partial charge in [0.05, 0.1) is 13.2 Å². The van der Waals surface area contributed by atoms with Gasteiger partial charge in [-0.15, -0.1) is 0 Å². The molecule has 0 fully saturated rings. The molecule has 0 aliphatic heterocycles. The first-order chi connectivity index (χ1) is 32.3. The van der Waals surface area contributed by atoms with Gasteiger partial charge in [0.15, 0.2) is 0 Å². The van der Waals surface area contributed by atoms with Crippen molar-refractivity contribution in [3.05, 3.63) is 85.1 Å². The molecule has 0 saturated carbocycles. The number of unbranched alkanes of at least 4 members (excludes halogenated alkanes) is 22. The Labute approximate surface area is 404 Å². The van der Waals surface area contributed by atoms with E-state index in [0.717, 1.165) is 70.6 Å². The number of amides is 1. The number of aliphatic hydroxyl groups is 1. The van der Waals surface area contributed by atoms with Crippen molar-refractivity contribution < 1.29 is 37.9 Å².